The van der Waals surface area contributed by atoms with Gasteiger partial charge in [-0.2, -0.15) is 0 Å². The molecule has 146 valence electrons. The summed E-state index contributed by atoms with van der Waals surface area (Å²) in [4.78, 5) is 2.45. The van der Waals surface area contributed by atoms with Crippen molar-refractivity contribution in [2.75, 3.05) is 43.9 Å². The number of methoxy groups -OCH3 is 1. The van der Waals surface area contributed by atoms with E-state index in [2.05, 4.69) is 53.6 Å². The summed E-state index contributed by atoms with van der Waals surface area (Å²) in [6.07, 6.45) is 1.16. The Bertz CT molecular complexity index is 587. The van der Waals surface area contributed by atoms with Crippen LogP contribution in [0, 0.1) is 0 Å². The maximum absolute atomic E-state index is 5.17. The Morgan fingerprint density at radius 3 is 1.81 bits per heavy atom. The van der Waals surface area contributed by atoms with Gasteiger partial charge in [0.1, 0.15) is 5.75 Å². The van der Waals surface area contributed by atoms with Crippen LogP contribution in [0.1, 0.15) is 20.3 Å². The third-order valence-electron chi connectivity index (χ3n) is 4.14. The third kappa shape index (κ3) is 8.77. The summed E-state index contributed by atoms with van der Waals surface area (Å²) < 4.78 is 5.17. The predicted octanol–water partition coefficient (Wildman–Crippen LogP) is 5.82. The second-order valence-electron chi connectivity index (χ2n) is 5.74. The van der Waals surface area contributed by atoms with Gasteiger partial charge in [-0.3, -0.25) is 0 Å². The number of rotatable bonds is 10. The number of ether oxygens (including phenoxy) is 1. The van der Waals surface area contributed by atoms with Gasteiger partial charge in [0.15, 0.2) is 0 Å². The van der Waals surface area contributed by atoms with Crippen LogP contribution in [0.25, 0.3) is 0 Å². The van der Waals surface area contributed by atoms with Crippen molar-refractivity contribution in [1.29, 1.82) is 0 Å². The van der Waals surface area contributed by atoms with Crippen LogP contribution in [-0.2, 0) is 0 Å². The van der Waals surface area contributed by atoms with Crippen molar-refractivity contribution < 1.29 is 4.74 Å². The van der Waals surface area contributed by atoms with E-state index in [0.717, 1.165) is 55.4 Å². The molecular formula is C20H31I2N3O. The van der Waals surface area contributed by atoms with Crippen LogP contribution < -0.4 is 15.4 Å². The summed E-state index contributed by atoms with van der Waals surface area (Å²) in [5.41, 5.74) is 3.29. The molecular weight excluding hydrogens is 552 g/mol. The molecule has 0 spiro atoms. The number of anilines is 3. The summed E-state index contributed by atoms with van der Waals surface area (Å²) in [6.45, 7) is 8.83. The van der Waals surface area contributed by atoms with Gasteiger partial charge >= 0.3 is 0 Å². The molecule has 2 N–H and O–H groups in total. The van der Waals surface area contributed by atoms with E-state index < -0.39 is 0 Å². The molecule has 0 aliphatic heterocycles. The molecule has 2 aromatic carbocycles. The topological polar surface area (TPSA) is 36.5 Å². The molecule has 0 saturated carbocycles. The molecule has 2 rings (SSSR count). The molecule has 4 nitrogen and oxygen atoms in total. The zero-order chi connectivity index (χ0) is 17.2. The van der Waals surface area contributed by atoms with E-state index in [-0.39, 0.29) is 48.0 Å². The van der Waals surface area contributed by atoms with Gasteiger partial charge in [0.2, 0.25) is 0 Å². The van der Waals surface area contributed by atoms with Crippen LogP contribution in [0.3, 0.4) is 0 Å². The lowest BCUT2D eigenvalue weighted by atomic mass is 10.2. The van der Waals surface area contributed by atoms with Crippen molar-refractivity contribution in [3.8, 4) is 5.75 Å². The van der Waals surface area contributed by atoms with Gasteiger partial charge < -0.3 is 20.3 Å². The van der Waals surface area contributed by atoms with Gasteiger partial charge in [-0.25, -0.2) is 0 Å². The quantitative estimate of drug-likeness (QED) is 0.273. The van der Waals surface area contributed by atoms with Crippen molar-refractivity contribution >= 4 is 65.0 Å². The molecule has 26 heavy (non-hydrogen) atoms. The Hall–Kier alpha value is -0.740. The monoisotopic (exact) mass is 583 g/mol. The Labute approximate surface area is 192 Å². The van der Waals surface area contributed by atoms with Gasteiger partial charge in [0.25, 0.3) is 0 Å². The van der Waals surface area contributed by atoms with Gasteiger partial charge in [-0.05, 0) is 74.6 Å². The SMILES string of the molecule is CCN(CC)CCCNc1ccc(Nc2ccc(OC)cc2)cc1.I.I. The first-order valence-electron chi connectivity index (χ1n) is 8.72. The Morgan fingerprint density at radius 1 is 0.808 bits per heavy atom. The van der Waals surface area contributed by atoms with Gasteiger partial charge in [-0.15, -0.1) is 48.0 Å². The van der Waals surface area contributed by atoms with Gasteiger partial charge in [0, 0.05) is 23.6 Å². The molecule has 6 heteroatoms. The van der Waals surface area contributed by atoms with Crippen LogP contribution in [0.15, 0.2) is 48.5 Å². The lowest BCUT2D eigenvalue weighted by Crippen LogP contribution is -2.25. The van der Waals surface area contributed by atoms with Crippen molar-refractivity contribution in [2.45, 2.75) is 20.3 Å². The van der Waals surface area contributed by atoms with Gasteiger partial charge in [0.05, 0.1) is 7.11 Å². The second-order valence-corrected chi connectivity index (χ2v) is 5.74. The number of nitrogens with one attached hydrogen (secondary N) is 2. The van der Waals surface area contributed by atoms with Crippen molar-refractivity contribution in [3.63, 3.8) is 0 Å². The molecule has 0 bridgehead atoms. The minimum absolute atomic E-state index is 0. The number of hydrogen-bond donors (Lipinski definition) is 2. The van der Waals surface area contributed by atoms with Crippen molar-refractivity contribution in [2.24, 2.45) is 0 Å². The summed E-state index contributed by atoms with van der Waals surface area (Å²) in [7, 11) is 1.68. The standard InChI is InChI=1S/C20H29N3O.2HI/c1-4-23(5-2)16-6-15-21-17-7-9-18(10-8-17)22-19-11-13-20(24-3)14-12-19;;/h7-14,21-22H,4-6,15-16H2,1-3H3;2*1H. The van der Waals surface area contributed by atoms with E-state index in [1.165, 1.54) is 0 Å². The average Bonchev–Trinajstić information content (AvgIpc) is 2.64. The molecule has 0 unspecified atom stereocenters. The molecule has 0 saturated heterocycles. The first-order chi connectivity index (χ1) is 11.7. The number of halogens is 2. The highest BCUT2D eigenvalue weighted by Gasteiger charge is 1.99. The van der Waals surface area contributed by atoms with E-state index in [0.29, 0.717) is 0 Å². The third-order valence-corrected chi connectivity index (χ3v) is 4.14. The normalized spacial score (nSPS) is 9.85. The highest BCUT2D eigenvalue weighted by molar-refractivity contribution is 14.0. The summed E-state index contributed by atoms with van der Waals surface area (Å²) in [5.74, 6) is 0.866. The lowest BCUT2D eigenvalue weighted by molar-refractivity contribution is 0.303. The smallest absolute Gasteiger partial charge is 0.119 e. The molecule has 0 aliphatic rings. The maximum Gasteiger partial charge on any atom is 0.119 e. The Balaban J connectivity index is 0.00000312. The molecule has 0 amide bonds. The van der Waals surface area contributed by atoms with E-state index in [9.17, 15) is 0 Å². The fraction of sp³-hybridized carbons (Fsp3) is 0.400. The summed E-state index contributed by atoms with van der Waals surface area (Å²) >= 11 is 0. The van der Waals surface area contributed by atoms with Crippen LogP contribution in [-0.4, -0.2) is 38.2 Å². The van der Waals surface area contributed by atoms with Crippen LogP contribution in [0.4, 0.5) is 17.1 Å². The predicted molar refractivity (Wildman–Crippen MR) is 134 cm³/mol. The second kappa shape index (κ2) is 14.3. The van der Waals surface area contributed by atoms with Gasteiger partial charge in [-0.1, -0.05) is 13.8 Å². The first kappa shape index (κ1) is 25.3. The minimum Gasteiger partial charge on any atom is -0.497 e. The van der Waals surface area contributed by atoms with E-state index >= 15 is 0 Å². The highest BCUT2D eigenvalue weighted by atomic mass is 127. The van der Waals surface area contributed by atoms with E-state index in [4.69, 9.17) is 4.74 Å². The Kier molecular flexibility index (Phi) is 13.9. The van der Waals surface area contributed by atoms with Crippen LogP contribution in [0.2, 0.25) is 0 Å². The van der Waals surface area contributed by atoms with E-state index in [1.54, 1.807) is 7.11 Å². The Morgan fingerprint density at radius 2 is 1.31 bits per heavy atom. The number of nitrogens with zero attached hydrogens (tertiary/aromatic N) is 1. The average molecular weight is 583 g/mol. The molecule has 0 radical (unpaired) electrons. The number of hydrogen-bond acceptors (Lipinski definition) is 4. The van der Waals surface area contributed by atoms with Crippen molar-refractivity contribution in [1.82, 2.24) is 4.90 Å². The first-order valence-corrected chi connectivity index (χ1v) is 8.72. The minimum atomic E-state index is 0. The molecule has 0 heterocycles. The molecule has 0 fully saturated rings. The summed E-state index contributed by atoms with van der Waals surface area (Å²) in [6, 6.07) is 16.3. The highest BCUT2D eigenvalue weighted by Crippen LogP contribution is 2.21. The molecule has 0 aromatic heterocycles. The van der Waals surface area contributed by atoms with Crippen LogP contribution in [0.5, 0.6) is 5.75 Å². The molecule has 0 aliphatic carbocycles. The van der Waals surface area contributed by atoms with Crippen LogP contribution >= 0.6 is 48.0 Å². The number of benzene rings is 2. The summed E-state index contributed by atoms with van der Waals surface area (Å²) in [5, 5.41) is 6.87. The largest absolute Gasteiger partial charge is 0.497 e. The molecule has 0 atom stereocenters. The lowest BCUT2D eigenvalue weighted by Gasteiger charge is -2.18. The van der Waals surface area contributed by atoms with E-state index in [1.807, 2.05) is 24.3 Å². The fourth-order valence-electron chi connectivity index (χ4n) is 2.59. The maximum atomic E-state index is 5.17. The van der Waals surface area contributed by atoms with Crippen molar-refractivity contribution in [3.05, 3.63) is 48.5 Å². The zero-order valence-corrected chi connectivity index (χ0v) is 20.5. The zero-order valence-electron chi connectivity index (χ0n) is 15.8. The fourth-order valence-corrected chi connectivity index (χ4v) is 2.59. The molecule has 2 aromatic rings.